The second kappa shape index (κ2) is 5.36. The minimum atomic E-state index is -3.96. The van der Waals surface area contributed by atoms with Crippen molar-refractivity contribution in [1.29, 1.82) is 0 Å². The highest BCUT2D eigenvalue weighted by Gasteiger charge is 2.48. The molecule has 1 aliphatic rings. The molecular weight excluding hydrogens is 271 g/mol. The van der Waals surface area contributed by atoms with E-state index in [1.165, 1.54) is 6.07 Å². The lowest BCUT2D eigenvalue weighted by Gasteiger charge is -2.50. The highest BCUT2D eigenvalue weighted by atomic mass is 19.3. The zero-order valence-corrected chi connectivity index (χ0v) is 13.7. The molecule has 1 aromatic carbocycles. The molecule has 1 N–H and O–H groups in total. The molecule has 21 heavy (non-hydrogen) atoms. The number of piperidine rings is 1. The van der Waals surface area contributed by atoms with E-state index in [2.05, 4.69) is 32.3 Å². The summed E-state index contributed by atoms with van der Waals surface area (Å²) in [5.74, 6) is 0. The van der Waals surface area contributed by atoms with Gasteiger partial charge in [-0.15, -0.1) is 0 Å². The van der Waals surface area contributed by atoms with Crippen molar-refractivity contribution in [2.75, 3.05) is 7.11 Å². The van der Waals surface area contributed by atoms with Crippen molar-refractivity contribution in [1.82, 2.24) is 0 Å². The predicted octanol–water partition coefficient (Wildman–Crippen LogP) is 2.68. The van der Waals surface area contributed by atoms with Crippen LogP contribution in [-0.2, 0) is 4.65 Å². The van der Waals surface area contributed by atoms with Crippen molar-refractivity contribution >= 4 is 18.1 Å². The van der Waals surface area contributed by atoms with Crippen LogP contribution in [0.4, 0.5) is 14.3 Å². The van der Waals surface area contributed by atoms with Gasteiger partial charge in [0.25, 0.3) is 0 Å². The number of halogens is 2. The maximum absolute atomic E-state index is 14.2. The molecule has 1 aromatic rings. The summed E-state index contributed by atoms with van der Waals surface area (Å²) < 4.78 is 33.0. The lowest BCUT2D eigenvalue weighted by molar-refractivity contribution is -0.941. The van der Waals surface area contributed by atoms with E-state index in [-0.39, 0.29) is 16.5 Å². The summed E-state index contributed by atoms with van der Waals surface area (Å²) in [5.41, 5.74) is 0.576. The summed E-state index contributed by atoms with van der Waals surface area (Å²) in [6, 6.07) is 6.84. The second-order valence-electron chi connectivity index (χ2n) is 7.42. The largest absolute Gasteiger partial charge is 0.536 e. The molecule has 2 nitrogen and oxygen atoms in total. The average Bonchev–Trinajstić information content (AvgIpc) is 2.37. The molecule has 118 valence electrons. The summed E-state index contributed by atoms with van der Waals surface area (Å²) in [7, 11) is 1.08. The molecular formula is C16H26BF2NO. The standard InChI is InChI=1S/C16H25BF2NO/c1-15(2)11-8-12-16(3,4)20(15)14-10-7-6-9-13(14)17(18,19)21-5/h6-7,9-10H,8,11-12H2,1-5H3/q-1/p+1. The summed E-state index contributed by atoms with van der Waals surface area (Å²) in [6.07, 6.45) is 3.20. The van der Waals surface area contributed by atoms with Gasteiger partial charge in [0.15, 0.2) is 0 Å². The minimum absolute atomic E-state index is 0.0399. The Morgan fingerprint density at radius 2 is 1.57 bits per heavy atom. The van der Waals surface area contributed by atoms with E-state index < -0.39 is 6.90 Å². The molecule has 1 saturated heterocycles. The number of nitrogens with one attached hydrogen (secondary N) is 1. The van der Waals surface area contributed by atoms with Gasteiger partial charge in [-0.1, -0.05) is 23.7 Å². The van der Waals surface area contributed by atoms with Crippen LogP contribution in [0.1, 0.15) is 47.0 Å². The first kappa shape index (κ1) is 16.4. The average molecular weight is 297 g/mol. The van der Waals surface area contributed by atoms with Gasteiger partial charge in [-0.05, 0) is 47.3 Å². The Kier molecular flexibility index (Phi) is 4.20. The second-order valence-corrected chi connectivity index (χ2v) is 7.42. The van der Waals surface area contributed by atoms with Crippen molar-refractivity contribution < 1.29 is 18.2 Å². The van der Waals surface area contributed by atoms with E-state index in [0.29, 0.717) is 5.69 Å². The van der Waals surface area contributed by atoms with Gasteiger partial charge in [0, 0.05) is 12.8 Å². The van der Waals surface area contributed by atoms with Crippen LogP contribution in [0.2, 0.25) is 0 Å². The van der Waals surface area contributed by atoms with Crippen LogP contribution < -0.4 is 10.4 Å². The number of para-hydroxylation sites is 1. The third-order valence-corrected chi connectivity index (χ3v) is 4.85. The third kappa shape index (κ3) is 2.99. The molecule has 0 bridgehead atoms. The Bertz CT molecular complexity index is 501. The normalized spacial score (nSPS) is 22.2. The van der Waals surface area contributed by atoms with Gasteiger partial charge in [-0.3, -0.25) is 4.90 Å². The van der Waals surface area contributed by atoms with Gasteiger partial charge in [0.05, 0.1) is 11.1 Å². The van der Waals surface area contributed by atoms with Crippen LogP contribution in [0.15, 0.2) is 24.3 Å². The van der Waals surface area contributed by atoms with E-state index in [4.69, 9.17) is 0 Å². The number of benzene rings is 1. The summed E-state index contributed by atoms with van der Waals surface area (Å²) in [4.78, 5) is 1.13. The first-order chi connectivity index (χ1) is 9.62. The van der Waals surface area contributed by atoms with Crippen LogP contribution in [0, 0.1) is 0 Å². The lowest BCUT2D eigenvalue weighted by Crippen LogP contribution is -3.23. The monoisotopic (exact) mass is 297 g/mol. The topological polar surface area (TPSA) is 13.7 Å². The third-order valence-electron chi connectivity index (χ3n) is 4.85. The molecule has 0 saturated carbocycles. The Morgan fingerprint density at radius 1 is 1.05 bits per heavy atom. The Labute approximate surface area is 126 Å². The predicted molar refractivity (Wildman–Crippen MR) is 83.7 cm³/mol. The number of hydrogen-bond acceptors (Lipinski definition) is 1. The van der Waals surface area contributed by atoms with Gasteiger partial charge in [0.2, 0.25) is 0 Å². The molecule has 0 amide bonds. The minimum Gasteiger partial charge on any atom is -0.536 e. The van der Waals surface area contributed by atoms with Crippen molar-refractivity contribution in [2.24, 2.45) is 0 Å². The Hall–Kier alpha value is -0.935. The quantitative estimate of drug-likeness (QED) is 0.847. The maximum Gasteiger partial charge on any atom is 0.481 e. The van der Waals surface area contributed by atoms with Crippen molar-refractivity contribution in [3.8, 4) is 0 Å². The fraction of sp³-hybridized carbons (Fsp3) is 0.625. The van der Waals surface area contributed by atoms with E-state index >= 15 is 0 Å². The van der Waals surface area contributed by atoms with Gasteiger partial charge in [-0.25, -0.2) is 0 Å². The zero-order chi connectivity index (χ0) is 15.9. The molecule has 0 atom stereocenters. The summed E-state index contributed by atoms with van der Waals surface area (Å²) >= 11 is 0. The van der Waals surface area contributed by atoms with E-state index in [9.17, 15) is 8.63 Å². The SMILES string of the molecule is CO[B-](F)(F)c1ccccc1[NH+]1C(C)(C)CCCC1(C)C. The van der Waals surface area contributed by atoms with Crippen LogP contribution in [-0.4, -0.2) is 25.1 Å². The maximum atomic E-state index is 14.2. The lowest BCUT2D eigenvalue weighted by atomic mass is 9.72. The highest BCUT2D eigenvalue weighted by molar-refractivity contribution is 6.75. The van der Waals surface area contributed by atoms with Gasteiger partial charge in [-0.2, -0.15) is 0 Å². The molecule has 0 aliphatic carbocycles. The summed E-state index contributed by atoms with van der Waals surface area (Å²) in [6.45, 7) is 4.69. The van der Waals surface area contributed by atoms with Gasteiger partial charge in [0.1, 0.15) is 5.69 Å². The van der Waals surface area contributed by atoms with Crippen LogP contribution >= 0.6 is 0 Å². The van der Waals surface area contributed by atoms with Crippen LogP contribution in [0.3, 0.4) is 0 Å². The molecule has 2 rings (SSSR count). The fourth-order valence-corrected chi connectivity index (χ4v) is 4.01. The van der Waals surface area contributed by atoms with E-state index in [1.807, 2.05) is 12.1 Å². The summed E-state index contributed by atoms with van der Waals surface area (Å²) in [5, 5.41) is 0. The Balaban J connectivity index is 2.59. The van der Waals surface area contributed by atoms with Gasteiger partial charge < -0.3 is 13.3 Å². The fourth-order valence-electron chi connectivity index (χ4n) is 4.01. The number of rotatable bonds is 3. The molecule has 0 unspecified atom stereocenters. The van der Waals surface area contributed by atoms with E-state index in [1.54, 1.807) is 6.07 Å². The smallest absolute Gasteiger partial charge is 0.481 e. The molecule has 0 radical (unpaired) electrons. The van der Waals surface area contributed by atoms with Crippen molar-refractivity contribution in [3.63, 3.8) is 0 Å². The first-order valence-electron chi connectivity index (χ1n) is 7.65. The molecule has 1 fully saturated rings. The molecule has 5 heteroatoms. The Morgan fingerprint density at radius 3 is 2.10 bits per heavy atom. The van der Waals surface area contributed by atoms with Crippen molar-refractivity contribution in [3.05, 3.63) is 24.3 Å². The highest BCUT2D eigenvalue weighted by Crippen LogP contribution is 2.27. The molecule has 1 aliphatic heterocycles. The molecule has 0 aromatic heterocycles. The molecule has 1 heterocycles. The van der Waals surface area contributed by atoms with E-state index in [0.717, 1.165) is 31.3 Å². The number of hydrogen-bond donors (Lipinski definition) is 1. The van der Waals surface area contributed by atoms with Crippen LogP contribution in [0.5, 0.6) is 0 Å². The van der Waals surface area contributed by atoms with Gasteiger partial charge >= 0.3 is 6.90 Å². The van der Waals surface area contributed by atoms with Crippen molar-refractivity contribution in [2.45, 2.75) is 58.0 Å². The first-order valence-corrected chi connectivity index (χ1v) is 7.65. The molecule has 0 spiro atoms. The van der Waals surface area contributed by atoms with Crippen LogP contribution in [0.25, 0.3) is 0 Å². The zero-order valence-electron chi connectivity index (χ0n) is 13.7. The number of quaternary nitrogens is 1.